The quantitative estimate of drug-likeness (QED) is 0.728. The van der Waals surface area contributed by atoms with E-state index >= 15 is 0 Å². The normalized spacial score (nSPS) is 19.8. The summed E-state index contributed by atoms with van der Waals surface area (Å²) in [5.41, 5.74) is 4.32. The second kappa shape index (κ2) is 6.22. The first-order valence-electron chi connectivity index (χ1n) is 7.70. The van der Waals surface area contributed by atoms with Crippen molar-refractivity contribution in [1.29, 1.82) is 0 Å². The number of benzene rings is 2. The number of aryl methyl sites for hydroxylation is 1. The summed E-state index contributed by atoms with van der Waals surface area (Å²) in [6.07, 6.45) is 2.08. The Morgan fingerprint density at radius 2 is 1.83 bits per heavy atom. The number of carbonyl (C=O) groups is 1. The van der Waals surface area contributed by atoms with Crippen molar-refractivity contribution in [3.8, 4) is 0 Å². The van der Waals surface area contributed by atoms with E-state index in [-0.39, 0.29) is 11.9 Å². The van der Waals surface area contributed by atoms with Gasteiger partial charge in [-0.15, -0.1) is 0 Å². The van der Waals surface area contributed by atoms with Crippen LogP contribution in [-0.2, 0) is 4.79 Å². The number of fused-ring (bicyclic) bond motifs is 1. The van der Waals surface area contributed by atoms with Gasteiger partial charge in [0, 0.05) is 4.47 Å². The molecule has 3 nitrogen and oxygen atoms in total. The molecule has 24 heavy (non-hydrogen) atoms. The van der Waals surface area contributed by atoms with Crippen LogP contribution in [0.3, 0.4) is 0 Å². The first-order valence-corrected chi connectivity index (χ1v) is 9.47. The van der Waals surface area contributed by atoms with Gasteiger partial charge in [-0.1, -0.05) is 69.7 Å². The predicted molar refractivity (Wildman–Crippen MR) is 103 cm³/mol. The Labute approximate surface area is 153 Å². The number of nitrogens with zero attached hydrogens (tertiary/aromatic N) is 2. The lowest BCUT2D eigenvalue weighted by atomic mass is 10.0. The van der Waals surface area contributed by atoms with Gasteiger partial charge in [0.2, 0.25) is 5.91 Å². The summed E-state index contributed by atoms with van der Waals surface area (Å²) < 4.78 is 1.03. The number of thioether (sulfide) groups is 1. The van der Waals surface area contributed by atoms with Crippen molar-refractivity contribution in [3.05, 3.63) is 75.8 Å². The smallest absolute Gasteiger partial charge is 0.239 e. The fraction of sp³-hybridized carbons (Fsp3) is 0.158. The van der Waals surface area contributed by atoms with Crippen molar-refractivity contribution in [2.24, 2.45) is 4.99 Å². The third-order valence-electron chi connectivity index (χ3n) is 4.17. The van der Waals surface area contributed by atoms with E-state index in [0.717, 1.165) is 26.5 Å². The van der Waals surface area contributed by atoms with E-state index in [0.29, 0.717) is 5.75 Å². The van der Waals surface area contributed by atoms with Crippen LogP contribution < -0.4 is 0 Å². The highest BCUT2D eigenvalue weighted by Gasteiger charge is 2.37. The number of amidine groups is 1. The van der Waals surface area contributed by atoms with Crippen molar-refractivity contribution in [2.75, 3.05) is 5.75 Å². The number of hydrogen-bond acceptors (Lipinski definition) is 3. The van der Waals surface area contributed by atoms with Crippen LogP contribution in [0.25, 0.3) is 5.70 Å². The maximum Gasteiger partial charge on any atom is 0.239 e. The van der Waals surface area contributed by atoms with Crippen molar-refractivity contribution in [1.82, 2.24) is 4.90 Å². The van der Waals surface area contributed by atoms with E-state index in [4.69, 9.17) is 4.99 Å². The molecule has 5 heteroatoms. The second-order valence-electron chi connectivity index (χ2n) is 5.86. The van der Waals surface area contributed by atoms with E-state index < -0.39 is 0 Å². The van der Waals surface area contributed by atoms with Gasteiger partial charge in [-0.3, -0.25) is 9.69 Å². The Kier molecular flexibility index (Phi) is 4.06. The average Bonchev–Trinajstić information content (AvgIpc) is 2.97. The van der Waals surface area contributed by atoms with Crippen molar-refractivity contribution in [3.63, 3.8) is 0 Å². The third kappa shape index (κ3) is 2.82. The van der Waals surface area contributed by atoms with Gasteiger partial charge in [0.15, 0.2) is 5.17 Å². The molecular weight excluding hydrogens is 384 g/mol. The molecule has 1 unspecified atom stereocenters. The largest absolute Gasteiger partial charge is 0.279 e. The molecule has 120 valence electrons. The summed E-state index contributed by atoms with van der Waals surface area (Å²) in [6, 6.07) is 16.4. The zero-order valence-corrected chi connectivity index (χ0v) is 15.5. The fourth-order valence-corrected chi connectivity index (χ4v) is 4.06. The first kappa shape index (κ1) is 15.7. The minimum absolute atomic E-state index is 0.107. The van der Waals surface area contributed by atoms with Crippen LogP contribution in [-0.4, -0.2) is 21.7 Å². The summed E-state index contributed by atoms with van der Waals surface area (Å²) in [6.45, 7) is 2.07. The molecule has 0 aromatic heterocycles. The van der Waals surface area contributed by atoms with Gasteiger partial charge in [-0.2, -0.15) is 0 Å². The second-order valence-corrected chi connectivity index (χ2v) is 7.72. The molecule has 0 spiro atoms. The number of carbonyl (C=O) groups excluding carboxylic acids is 1. The maximum atomic E-state index is 12.3. The minimum atomic E-state index is -0.107. The van der Waals surface area contributed by atoms with Crippen LogP contribution in [0, 0.1) is 6.92 Å². The van der Waals surface area contributed by atoms with Gasteiger partial charge in [-0.05, 0) is 36.3 Å². The Balaban J connectivity index is 1.80. The van der Waals surface area contributed by atoms with Crippen molar-refractivity contribution in [2.45, 2.75) is 13.0 Å². The standard InChI is InChI=1S/C19H15BrN2OS/c1-12-2-4-13(5-3-12)16-10-17(14-6-8-15(20)9-7-14)22-18(23)11-24-19(22)21-16/h2-10,17H,11H2,1H3. The number of rotatable bonds is 2. The predicted octanol–water partition coefficient (Wildman–Crippen LogP) is 4.78. The zero-order valence-electron chi connectivity index (χ0n) is 13.1. The highest BCUT2D eigenvalue weighted by Crippen LogP contribution is 2.38. The van der Waals surface area contributed by atoms with E-state index in [2.05, 4.69) is 65.3 Å². The molecule has 2 aliphatic heterocycles. The van der Waals surface area contributed by atoms with Gasteiger partial charge in [-0.25, -0.2) is 4.99 Å². The van der Waals surface area contributed by atoms with Crippen LogP contribution in [0.15, 0.2) is 64.1 Å². The zero-order chi connectivity index (χ0) is 16.7. The summed E-state index contributed by atoms with van der Waals surface area (Å²) in [5.74, 6) is 0.576. The SMILES string of the molecule is Cc1ccc(C2=CC(c3ccc(Br)cc3)N3C(=O)CSC3=N2)cc1. The van der Waals surface area contributed by atoms with E-state index in [1.807, 2.05) is 17.0 Å². The third-order valence-corrected chi connectivity index (χ3v) is 5.63. The molecule has 2 heterocycles. The number of hydrogen-bond donors (Lipinski definition) is 0. The number of amides is 1. The Morgan fingerprint density at radius 1 is 1.12 bits per heavy atom. The highest BCUT2D eigenvalue weighted by molar-refractivity contribution is 9.10. The van der Waals surface area contributed by atoms with E-state index in [9.17, 15) is 4.79 Å². The molecule has 2 aromatic rings. The van der Waals surface area contributed by atoms with Crippen LogP contribution >= 0.6 is 27.7 Å². The van der Waals surface area contributed by atoms with Gasteiger partial charge in [0.05, 0.1) is 17.5 Å². The summed E-state index contributed by atoms with van der Waals surface area (Å²) in [5, 5.41) is 0.797. The molecule has 2 aliphatic rings. The molecule has 0 aliphatic carbocycles. The maximum absolute atomic E-state index is 12.3. The highest BCUT2D eigenvalue weighted by atomic mass is 79.9. The Bertz CT molecular complexity index is 856. The van der Waals surface area contributed by atoms with Crippen LogP contribution in [0.4, 0.5) is 0 Å². The van der Waals surface area contributed by atoms with Crippen molar-refractivity contribution < 1.29 is 4.79 Å². The van der Waals surface area contributed by atoms with E-state index in [1.54, 1.807) is 0 Å². The fourth-order valence-electron chi connectivity index (χ4n) is 2.89. The molecule has 4 rings (SSSR count). The number of aliphatic imine (C=N–C) groups is 1. The van der Waals surface area contributed by atoms with Gasteiger partial charge in [0.25, 0.3) is 0 Å². The lowest BCUT2D eigenvalue weighted by molar-refractivity contribution is -0.125. The summed E-state index contributed by atoms with van der Waals surface area (Å²) in [7, 11) is 0. The Morgan fingerprint density at radius 3 is 2.54 bits per heavy atom. The Hall–Kier alpha value is -1.85. The number of halogens is 1. The van der Waals surface area contributed by atoms with Gasteiger partial charge >= 0.3 is 0 Å². The molecule has 1 amide bonds. The molecule has 0 N–H and O–H groups in total. The van der Waals surface area contributed by atoms with E-state index in [1.165, 1.54) is 17.3 Å². The monoisotopic (exact) mass is 398 g/mol. The van der Waals surface area contributed by atoms with Gasteiger partial charge < -0.3 is 0 Å². The molecule has 1 atom stereocenters. The van der Waals surface area contributed by atoms with Crippen molar-refractivity contribution >= 4 is 44.5 Å². The topological polar surface area (TPSA) is 32.7 Å². The molecule has 2 aromatic carbocycles. The minimum Gasteiger partial charge on any atom is -0.279 e. The first-order chi connectivity index (χ1) is 11.6. The molecule has 1 fully saturated rings. The molecular formula is C19H15BrN2OS. The van der Waals surface area contributed by atoms with Crippen LogP contribution in [0.5, 0.6) is 0 Å². The average molecular weight is 399 g/mol. The van der Waals surface area contributed by atoms with Gasteiger partial charge in [0.1, 0.15) is 0 Å². The molecule has 1 saturated heterocycles. The molecule has 0 saturated carbocycles. The van der Waals surface area contributed by atoms with Crippen LogP contribution in [0.1, 0.15) is 22.7 Å². The summed E-state index contributed by atoms with van der Waals surface area (Å²) >= 11 is 4.98. The summed E-state index contributed by atoms with van der Waals surface area (Å²) in [4.78, 5) is 18.9. The lowest BCUT2D eigenvalue weighted by Gasteiger charge is -2.29. The lowest BCUT2D eigenvalue weighted by Crippen LogP contribution is -2.34. The van der Waals surface area contributed by atoms with Crippen LogP contribution in [0.2, 0.25) is 0 Å². The molecule has 0 bridgehead atoms. The molecule has 0 radical (unpaired) electrons.